The first-order valence-corrected chi connectivity index (χ1v) is 8.80. The Morgan fingerprint density at radius 3 is 2.55 bits per heavy atom. The van der Waals surface area contributed by atoms with Gasteiger partial charge in [0.15, 0.2) is 11.5 Å². The van der Waals surface area contributed by atoms with Crippen LogP contribution in [0, 0.1) is 5.82 Å². The number of anilines is 1. The smallest absolute Gasteiger partial charge is 0.387 e. The summed E-state index contributed by atoms with van der Waals surface area (Å²) in [6.07, 6.45) is 0.926. The first kappa shape index (κ1) is 20.3. The number of aryl methyl sites for hydroxylation is 1. The van der Waals surface area contributed by atoms with E-state index in [1.807, 2.05) is 24.3 Å². The molecule has 1 N–H and O–H groups in total. The normalized spacial score (nSPS) is 10.8. The van der Waals surface area contributed by atoms with Gasteiger partial charge in [-0.25, -0.2) is 4.39 Å². The molecule has 0 saturated heterocycles. The van der Waals surface area contributed by atoms with Crippen molar-refractivity contribution in [3.05, 3.63) is 77.5 Å². The van der Waals surface area contributed by atoms with Gasteiger partial charge in [-0.3, -0.25) is 4.79 Å². The van der Waals surface area contributed by atoms with Crippen molar-refractivity contribution in [2.24, 2.45) is 0 Å². The number of benzene rings is 2. The van der Waals surface area contributed by atoms with Crippen LogP contribution in [0.4, 0.5) is 18.9 Å². The minimum absolute atomic E-state index is 0.0581. The lowest BCUT2D eigenvalue weighted by atomic mass is 10.2. The molecule has 0 fully saturated rings. The third kappa shape index (κ3) is 5.54. The maximum absolute atomic E-state index is 13.3. The molecule has 5 nitrogen and oxygen atoms in total. The van der Waals surface area contributed by atoms with Crippen molar-refractivity contribution in [1.82, 2.24) is 0 Å². The second-order valence-corrected chi connectivity index (χ2v) is 6.03. The zero-order valence-corrected chi connectivity index (χ0v) is 15.5. The summed E-state index contributed by atoms with van der Waals surface area (Å²) in [5.41, 5.74) is 1.08. The van der Waals surface area contributed by atoms with Crippen LogP contribution < -0.4 is 14.8 Å². The molecule has 1 amide bonds. The number of rotatable bonds is 8. The lowest BCUT2D eigenvalue weighted by molar-refractivity contribution is -0.0495. The number of alkyl halides is 2. The monoisotopic (exact) mass is 405 g/mol. The lowest BCUT2D eigenvalue weighted by Gasteiger charge is -2.11. The largest absolute Gasteiger partial charge is 0.486 e. The fraction of sp³-hybridized carbons (Fsp3) is 0.190. The molecule has 0 spiro atoms. The van der Waals surface area contributed by atoms with Gasteiger partial charge in [-0.15, -0.1) is 0 Å². The second-order valence-electron chi connectivity index (χ2n) is 6.03. The van der Waals surface area contributed by atoms with Gasteiger partial charge in [-0.05, 0) is 48.4 Å². The quantitative estimate of drug-likeness (QED) is 0.544. The summed E-state index contributed by atoms with van der Waals surface area (Å²) >= 11 is 0. The predicted molar refractivity (Wildman–Crippen MR) is 99.8 cm³/mol. The molecule has 0 radical (unpaired) electrons. The molecule has 8 heteroatoms. The molecule has 0 unspecified atom stereocenters. The standard InChI is InChI=1S/C21H18F3NO4/c1-2-13-3-6-15(7-4-13)27-12-16-8-10-18(28-16)20(26)25-17-9-5-14(22)11-19(17)29-21(23)24/h3-11,21H,2,12H2,1H3,(H,25,26). The van der Waals surface area contributed by atoms with E-state index in [0.29, 0.717) is 11.5 Å². The van der Waals surface area contributed by atoms with Crippen LogP contribution in [0.1, 0.15) is 28.8 Å². The maximum Gasteiger partial charge on any atom is 0.387 e. The van der Waals surface area contributed by atoms with Crippen molar-refractivity contribution in [3.63, 3.8) is 0 Å². The van der Waals surface area contributed by atoms with Gasteiger partial charge in [-0.2, -0.15) is 8.78 Å². The molecule has 3 rings (SSSR count). The van der Waals surface area contributed by atoms with Crippen molar-refractivity contribution in [3.8, 4) is 11.5 Å². The number of hydrogen-bond donors (Lipinski definition) is 1. The van der Waals surface area contributed by atoms with E-state index in [0.717, 1.165) is 24.6 Å². The van der Waals surface area contributed by atoms with Crippen molar-refractivity contribution >= 4 is 11.6 Å². The molecule has 0 aliphatic heterocycles. The van der Waals surface area contributed by atoms with E-state index in [9.17, 15) is 18.0 Å². The van der Waals surface area contributed by atoms with E-state index in [1.165, 1.54) is 11.6 Å². The number of furan rings is 1. The predicted octanol–water partition coefficient (Wildman–Crippen LogP) is 5.41. The Bertz CT molecular complexity index is 970. The molecule has 1 aromatic heterocycles. The SMILES string of the molecule is CCc1ccc(OCc2ccc(C(=O)Nc3ccc(F)cc3OC(F)F)o2)cc1. The first-order valence-electron chi connectivity index (χ1n) is 8.80. The van der Waals surface area contributed by atoms with Gasteiger partial charge in [0.1, 0.15) is 23.9 Å². The lowest BCUT2D eigenvalue weighted by Crippen LogP contribution is -2.13. The van der Waals surface area contributed by atoms with E-state index in [1.54, 1.807) is 6.07 Å². The van der Waals surface area contributed by atoms with Gasteiger partial charge in [0.25, 0.3) is 5.91 Å². The molecular formula is C21H18F3NO4. The van der Waals surface area contributed by atoms with E-state index in [4.69, 9.17) is 9.15 Å². The highest BCUT2D eigenvalue weighted by Crippen LogP contribution is 2.28. The number of carbonyl (C=O) groups excluding carboxylic acids is 1. The van der Waals surface area contributed by atoms with Gasteiger partial charge in [0.05, 0.1) is 5.69 Å². The van der Waals surface area contributed by atoms with Crippen LogP contribution in [0.5, 0.6) is 11.5 Å². The Kier molecular flexibility index (Phi) is 6.43. The fourth-order valence-corrected chi connectivity index (χ4v) is 2.53. The van der Waals surface area contributed by atoms with Gasteiger partial charge in [0, 0.05) is 6.07 Å². The van der Waals surface area contributed by atoms with Gasteiger partial charge in [-0.1, -0.05) is 19.1 Å². The number of hydrogen-bond acceptors (Lipinski definition) is 4. The Morgan fingerprint density at radius 1 is 1.10 bits per heavy atom. The third-order valence-corrected chi connectivity index (χ3v) is 4.01. The van der Waals surface area contributed by atoms with Crippen molar-refractivity contribution in [2.45, 2.75) is 26.6 Å². The minimum Gasteiger partial charge on any atom is -0.486 e. The number of ether oxygens (including phenoxy) is 2. The molecule has 0 saturated carbocycles. The molecule has 2 aromatic carbocycles. The Balaban J connectivity index is 1.63. The Morgan fingerprint density at radius 2 is 1.86 bits per heavy atom. The summed E-state index contributed by atoms with van der Waals surface area (Å²) in [6.45, 7) is -0.999. The fourth-order valence-electron chi connectivity index (χ4n) is 2.53. The van der Waals surface area contributed by atoms with E-state index < -0.39 is 24.1 Å². The molecule has 3 aromatic rings. The van der Waals surface area contributed by atoms with Crippen LogP contribution in [0.2, 0.25) is 0 Å². The molecule has 0 aliphatic rings. The molecule has 0 atom stereocenters. The van der Waals surface area contributed by atoms with Crippen LogP contribution in [-0.4, -0.2) is 12.5 Å². The zero-order chi connectivity index (χ0) is 20.8. The average Bonchev–Trinajstić information content (AvgIpc) is 3.17. The van der Waals surface area contributed by atoms with E-state index in [2.05, 4.69) is 17.0 Å². The third-order valence-electron chi connectivity index (χ3n) is 4.01. The topological polar surface area (TPSA) is 60.7 Å². The second kappa shape index (κ2) is 9.18. The average molecular weight is 405 g/mol. The summed E-state index contributed by atoms with van der Waals surface area (Å²) in [5, 5.41) is 2.36. The Hall–Kier alpha value is -3.42. The van der Waals surface area contributed by atoms with Crippen molar-refractivity contribution in [2.75, 3.05) is 5.32 Å². The highest BCUT2D eigenvalue weighted by molar-refractivity contribution is 6.03. The first-order chi connectivity index (χ1) is 13.9. The summed E-state index contributed by atoms with van der Waals surface area (Å²) in [7, 11) is 0. The molecule has 0 aliphatic carbocycles. The van der Waals surface area contributed by atoms with Crippen LogP contribution in [-0.2, 0) is 13.0 Å². The number of amides is 1. The molecule has 0 bridgehead atoms. The van der Waals surface area contributed by atoms with Crippen molar-refractivity contribution in [1.29, 1.82) is 0 Å². The maximum atomic E-state index is 13.3. The Labute approximate surface area is 165 Å². The van der Waals surface area contributed by atoms with Gasteiger partial charge < -0.3 is 19.2 Å². The molecule has 1 heterocycles. The minimum atomic E-state index is -3.16. The van der Waals surface area contributed by atoms with Gasteiger partial charge in [0.2, 0.25) is 0 Å². The summed E-state index contributed by atoms with van der Waals surface area (Å²) < 4.78 is 53.5. The summed E-state index contributed by atoms with van der Waals surface area (Å²) in [5.74, 6) is -0.962. The number of nitrogens with one attached hydrogen (secondary N) is 1. The summed E-state index contributed by atoms with van der Waals surface area (Å²) in [6, 6.07) is 13.5. The van der Waals surface area contributed by atoms with Crippen molar-refractivity contribution < 1.29 is 31.9 Å². The van der Waals surface area contributed by atoms with Crippen LogP contribution in [0.15, 0.2) is 59.0 Å². The van der Waals surface area contributed by atoms with E-state index >= 15 is 0 Å². The van der Waals surface area contributed by atoms with Gasteiger partial charge >= 0.3 is 6.61 Å². The highest BCUT2D eigenvalue weighted by Gasteiger charge is 2.17. The highest BCUT2D eigenvalue weighted by atomic mass is 19.3. The zero-order valence-electron chi connectivity index (χ0n) is 15.5. The van der Waals surface area contributed by atoms with E-state index in [-0.39, 0.29) is 18.1 Å². The van der Waals surface area contributed by atoms with Crippen LogP contribution >= 0.6 is 0 Å². The number of halogens is 3. The van der Waals surface area contributed by atoms with Crippen LogP contribution in [0.3, 0.4) is 0 Å². The molecule has 152 valence electrons. The molecular weight excluding hydrogens is 387 g/mol. The number of carbonyl (C=O) groups is 1. The summed E-state index contributed by atoms with van der Waals surface area (Å²) in [4.78, 5) is 12.3. The van der Waals surface area contributed by atoms with Crippen LogP contribution in [0.25, 0.3) is 0 Å². The molecule has 29 heavy (non-hydrogen) atoms.